The molecule has 3 rings (SSSR count). The Morgan fingerprint density at radius 3 is 2.67 bits per heavy atom. The number of hydrogen-bond acceptors (Lipinski definition) is 2. The summed E-state index contributed by atoms with van der Waals surface area (Å²) in [5.74, 6) is 0. The van der Waals surface area contributed by atoms with Crippen molar-refractivity contribution in [2.45, 2.75) is 45.1 Å². The predicted molar refractivity (Wildman–Crippen MR) is 77.0 cm³/mol. The molecule has 2 aliphatic heterocycles. The summed E-state index contributed by atoms with van der Waals surface area (Å²) in [6, 6.07) is 7.01. The van der Waals surface area contributed by atoms with Crippen LogP contribution in [0.25, 0.3) is 0 Å². The third-order valence-corrected chi connectivity index (χ3v) is 4.21. The van der Waals surface area contributed by atoms with Gasteiger partial charge in [0.15, 0.2) is 0 Å². The molecule has 0 aromatic heterocycles. The molecule has 2 nitrogen and oxygen atoms in total. The van der Waals surface area contributed by atoms with Gasteiger partial charge < -0.3 is 5.32 Å². The maximum atomic E-state index is 3.49. The lowest BCUT2D eigenvalue weighted by molar-refractivity contribution is 0.277. The Balaban J connectivity index is 1.68. The summed E-state index contributed by atoms with van der Waals surface area (Å²) in [5, 5.41) is 3.49. The number of rotatable bonds is 2. The largest absolute Gasteiger partial charge is 0.385 e. The molecule has 0 aliphatic carbocycles. The summed E-state index contributed by atoms with van der Waals surface area (Å²) in [6.45, 7) is 4.86. The van der Waals surface area contributed by atoms with Crippen molar-refractivity contribution >= 4 is 5.69 Å². The first-order valence-corrected chi connectivity index (χ1v) is 7.50. The van der Waals surface area contributed by atoms with E-state index in [1.807, 2.05) is 0 Å². The van der Waals surface area contributed by atoms with E-state index in [-0.39, 0.29) is 0 Å². The van der Waals surface area contributed by atoms with Crippen molar-refractivity contribution in [2.24, 2.45) is 0 Å². The van der Waals surface area contributed by atoms with Crippen LogP contribution in [0.3, 0.4) is 0 Å². The summed E-state index contributed by atoms with van der Waals surface area (Å²) in [6.07, 6.45) is 8.13. The van der Waals surface area contributed by atoms with E-state index in [2.05, 4.69) is 28.4 Å². The SMILES string of the molecule is c1cc2c(cc1CN1CCCCCC1)CCCN2. The number of nitrogens with zero attached hydrogens (tertiary/aromatic N) is 1. The molecule has 0 spiro atoms. The van der Waals surface area contributed by atoms with Crippen molar-refractivity contribution in [3.63, 3.8) is 0 Å². The minimum absolute atomic E-state index is 1.14. The minimum atomic E-state index is 1.14. The monoisotopic (exact) mass is 244 g/mol. The molecule has 2 heterocycles. The minimum Gasteiger partial charge on any atom is -0.385 e. The molecule has 1 aromatic rings. The highest BCUT2D eigenvalue weighted by Gasteiger charge is 2.12. The van der Waals surface area contributed by atoms with Crippen LogP contribution in [0.5, 0.6) is 0 Å². The summed E-state index contributed by atoms with van der Waals surface area (Å²) in [5.41, 5.74) is 4.38. The summed E-state index contributed by atoms with van der Waals surface area (Å²) >= 11 is 0. The quantitative estimate of drug-likeness (QED) is 0.857. The highest BCUT2D eigenvalue weighted by Crippen LogP contribution is 2.24. The van der Waals surface area contributed by atoms with E-state index in [4.69, 9.17) is 0 Å². The Kier molecular flexibility index (Phi) is 3.84. The lowest BCUT2D eigenvalue weighted by atomic mass is 10.0. The second-order valence-corrected chi connectivity index (χ2v) is 5.71. The Labute approximate surface area is 110 Å². The first kappa shape index (κ1) is 12.0. The maximum Gasteiger partial charge on any atom is 0.0372 e. The number of anilines is 1. The van der Waals surface area contributed by atoms with E-state index >= 15 is 0 Å². The molecule has 18 heavy (non-hydrogen) atoms. The second-order valence-electron chi connectivity index (χ2n) is 5.71. The molecule has 98 valence electrons. The number of fused-ring (bicyclic) bond motifs is 1. The first-order chi connectivity index (χ1) is 8.92. The van der Waals surface area contributed by atoms with Crippen LogP contribution in [0, 0.1) is 0 Å². The van der Waals surface area contributed by atoms with Gasteiger partial charge in [-0.25, -0.2) is 0 Å². The number of benzene rings is 1. The van der Waals surface area contributed by atoms with Gasteiger partial charge in [0.25, 0.3) is 0 Å². The molecule has 1 aromatic carbocycles. The zero-order valence-electron chi connectivity index (χ0n) is 11.3. The standard InChI is InChI=1S/C16H24N2/c1-2-4-11-18(10-3-1)13-14-7-8-16-15(12-14)6-5-9-17-16/h7-8,12,17H,1-6,9-11,13H2. The smallest absolute Gasteiger partial charge is 0.0372 e. The average molecular weight is 244 g/mol. The van der Waals surface area contributed by atoms with E-state index in [9.17, 15) is 0 Å². The molecule has 0 saturated carbocycles. The Hall–Kier alpha value is -1.02. The fourth-order valence-electron chi connectivity index (χ4n) is 3.18. The van der Waals surface area contributed by atoms with E-state index in [1.54, 1.807) is 0 Å². The van der Waals surface area contributed by atoms with E-state index in [0.717, 1.165) is 13.1 Å². The van der Waals surface area contributed by atoms with E-state index in [0.29, 0.717) is 0 Å². The van der Waals surface area contributed by atoms with Gasteiger partial charge in [-0.05, 0) is 56.0 Å². The molecule has 0 radical (unpaired) electrons. The highest BCUT2D eigenvalue weighted by molar-refractivity contribution is 5.54. The van der Waals surface area contributed by atoms with Crippen LogP contribution >= 0.6 is 0 Å². The fraction of sp³-hybridized carbons (Fsp3) is 0.625. The van der Waals surface area contributed by atoms with Gasteiger partial charge in [-0.15, -0.1) is 0 Å². The van der Waals surface area contributed by atoms with Crippen molar-refractivity contribution in [3.8, 4) is 0 Å². The fourth-order valence-corrected chi connectivity index (χ4v) is 3.18. The van der Waals surface area contributed by atoms with E-state index < -0.39 is 0 Å². The molecule has 2 heteroatoms. The highest BCUT2D eigenvalue weighted by atomic mass is 15.1. The number of hydrogen-bond donors (Lipinski definition) is 1. The van der Waals surface area contributed by atoms with Gasteiger partial charge in [-0.1, -0.05) is 25.0 Å². The van der Waals surface area contributed by atoms with Crippen LogP contribution in [0.2, 0.25) is 0 Å². The normalized spacial score (nSPS) is 20.9. The molecule has 0 bridgehead atoms. The molecule has 0 atom stereocenters. The number of nitrogens with one attached hydrogen (secondary N) is 1. The molecular weight excluding hydrogens is 220 g/mol. The lowest BCUT2D eigenvalue weighted by Gasteiger charge is -2.22. The third kappa shape index (κ3) is 2.86. The first-order valence-electron chi connectivity index (χ1n) is 7.50. The van der Waals surface area contributed by atoms with Gasteiger partial charge >= 0.3 is 0 Å². The lowest BCUT2D eigenvalue weighted by Crippen LogP contribution is -2.24. The summed E-state index contributed by atoms with van der Waals surface area (Å²) < 4.78 is 0. The summed E-state index contributed by atoms with van der Waals surface area (Å²) in [7, 11) is 0. The number of likely N-dealkylation sites (tertiary alicyclic amines) is 1. The maximum absolute atomic E-state index is 3.49. The molecule has 1 N–H and O–H groups in total. The van der Waals surface area contributed by atoms with Crippen molar-refractivity contribution in [1.82, 2.24) is 4.90 Å². The van der Waals surface area contributed by atoms with Gasteiger partial charge in [-0.3, -0.25) is 4.90 Å². The average Bonchev–Trinajstić information content (AvgIpc) is 2.67. The number of aryl methyl sites for hydroxylation is 1. The Bertz CT molecular complexity index is 392. The van der Waals surface area contributed by atoms with Crippen molar-refractivity contribution in [2.75, 3.05) is 25.0 Å². The van der Waals surface area contributed by atoms with Crippen LogP contribution in [-0.4, -0.2) is 24.5 Å². The van der Waals surface area contributed by atoms with Crippen molar-refractivity contribution < 1.29 is 0 Å². The van der Waals surface area contributed by atoms with Gasteiger partial charge in [0.2, 0.25) is 0 Å². The molecular formula is C16H24N2. The Morgan fingerprint density at radius 2 is 1.83 bits per heavy atom. The topological polar surface area (TPSA) is 15.3 Å². The van der Waals surface area contributed by atoms with Crippen molar-refractivity contribution in [3.05, 3.63) is 29.3 Å². The molecule has 0 amide bonds. The predicted octanol–water partition coefficient (Wildman–Crippen LogP) is 3.42. The van der Waals surface area contributed by atoms with Gasteiger partial charge in [0.1, 0.15) is 0 Å². The molecule has 0 unspecified atom stereocenters. The molecule has 1 saturated heterocycles. The molecule has 2 aliphatic rings. The third-order valence-electron chi connectivity index (χ3n) is 4.21. The summed E-state index contributed by atoms with van der Waals surface area (Å²) in [4.78, 5) is 2.63. The van der Waals surface area contributed by atoms with Gasteiger partial charge in [-0.2, -0.15) is 0 Å². The zero-order valence-corrected chi connectivity index (χ0v) is 11.3. The van der Waals surface area contributed by atoms with E-state index in [1.165, 1.54) is 68.4 Å². The molecule has 1 fully saturated rings. The van der Waals surface area contributed by atoms with Gasteiger partial charge in [0, 0.05) is 18.8 Å². The second kappa shape index (κ2) is 5.75. The zero-order chi connectivity index (χ0) is 12.2. The van der Waals surface area contributed by atoms with Gasteiger partial charge in [0.05, 0.1) is 0 Å². The van der Waals surface area contributed by atoms with Crippen molar-refractivity contribution in [1.29, 1.82) is 0 Å². The van der Waals surface area contributed by atoms with Crippen LogP contribution in [0.1, 0.15) is 43.2 Å². The van der Waals surface area contributed by atoms with Crippen LogP contribution in [0.15, 0.2) is 18.2 Å². The van der Waals surface area contributed by atoms with Crippen LogP contribution in [-0.2, 0) is 13.0 Å². The van der Waals surface area contributed by atoms with Crippen LogP contribution < -0.4 is 5.32 Å². The van der Waals surface area contributed by atoms with Crippen LogP contribution in [0.4, 0.5) is 5.69 Å². The Morgan fingerprint density at radius 1 is 1.00 bits per heavy atom.